The second kappa shape index (κ2) is 11.2. The van der Waals surface area contributed by atoms with Crippen molar-refractivity contribution < 1.29 is 22.7 Å². The fraction of sp³-hybridized carbons (Fsp3) is 0.455. The van der Waals surface area contributed by atoms with Crippen LogP contribution in [-0.2, 0) is 14.8 Å². The van der Waals surface area contributed by atoms with Crippen molar-refractivity contribution in [2.45, 2.75) is 37.0 Å². The highest BCUT2D eigenvalue weighted by atomic mass is 32.2. The molecule has 1 aliphatic rings. The number of hydrogen-bond donors (Lipinski definition) is 2. The van der Waals surface area contributed by atoms with Gasteiger partial charge < -0.3 is 14.8 Å². The van der Waals surface area contributed by atoms with E-state index in [1.165, 1.54) is 50.6 Å². The van der Waals surface area contributed by atoms with Gasteiger partial charge in [-0.3, -0.25) is 4.79 Å². The summed E-state index contributed by atoms with van der Waals surface area (Å²) in [5.74, 6) is 1.02. The lowest BCUT2D eigenvalue weighted by molar-refractivity contribution is 0.102. The number of rotatable bonds is 10. The van der Waals surface area contributed by atoms with Crippen molar-refractivity contribution in [3.8, 4) is 5.75 Å². The first-order valence-corrected chi connectivity index (χ1v) is 12.0. The Balaban J connectivity index is 1.62. The minimum Gasteiger partial charge on any atom is -0.489 e. The molecule has 0 aliphatic heterocycles. The maximum absolute atomic E-state index is 12.7. The molecule has 0 atom stereocenters. The van der Waals surface area contributed by atoms with Crippen LogP contribution in [0.1, 0.15) is 42.5 Å². The Morgan fingerprint density at radius 1 is 1.13 bits per heavy atom. The average molecular weight is 448 g/mol. The van der Waals surface area contributed by atoms with Crippen LogP contribution < -0.4 is 14.8 Å². The standard InChI is InChI=1S/C22H29N3O5S/c1-29-15-14-24-31(27,28)19-11-9-18(10-12-19)22(26)25-21-20(8-5-13-23-21)30-16-17-6-3-2-4-7-17/h5,8-13,17,24H,2-4,6-7,14-16H2,1H3,(H,23,25,26). The SMILES string of the molecule is COCCNS(=O)(=O)c1ccc(C(=O)Nc2ncccc2OCC2CCCCC2)cc1. The van der Waals surface area contributed by atoms with E-state index in [1.54, 1.807) is 18.3 Å². The summed E-state index contributed by atoms with van der Waals surface area (Å²) in [4.78, 5) is 17.0. The van der Waals surface area contributed by atoms with E-state index in [0.29, 0.717) is 29.7 Å². The Morgan fingerprint density at radius 3 is 2.58 bits per heavy atom. The van der Waals surface area contributed by atoms with Crippen molar-refractivity contribution in [1.82, 2.24) is 9.71 Å². The van der Waals surface area contributed by atoms with E-state index in [0.717, 1.165) is 12.8 Å². The third-order valence-corrected chi connectivity index (χ3v) is 6.70. The van der Waals surface area contributed by atoms with Gasteiger partial charge in [-0.05, 0) is 55.2 Å². The molecule has 0 spiro atoms. The fourth-order valence-corrected chi connectivity index (χ4v) is 4.50. The maximum atomic E-state index is 12.7. The van der Waals surface area contributed by atoms with Gasteiger partial charge in [0.2, 0.25) is 10.0 Å². The number of amides is 1. The molecule has 1 amide bonds. The van der Waals surface area contributed by atoms with Crippen molar-refractivity contribution >= 4 is 21.7 Å². The van der Waals surface area contributed by atoms with E-state index in [2.05, 4.69) is 15.0 Å². The van der Waals surface area contributed by atoms with Crippen molar-refractivity contribution in [1.29, 1.82) is 0 Å². The summed E-state index contributed by atoms with van der Waals surface area (Å²) in [6.07, 6.45) is 7.67. The van der Waals surface area contributed by atoms with Gasteiger partial charge in [0.05, 0.1) is 18.1 Å². The molecule has 168 valence electrons. The van der Waals surface area contributed by atoms with Crippen LogP contribution >= 0.6 is 0 Å². The van der Waals surface area contributed by atoms with Crippen LogP contribution in [0.4, 0.5) is 5.82 Å². The zero-order valence-electron chi connectivity index (χ0n) is 17.7. The zero-order valence-corrected chi connectivity index (χ0v) is 18.5. The first-order valence-electron chi connectivity index (χ1n) is 10.5. The molecule has 3 rings (SSSR count). The number of carbonyl (C=O) groups is 1. The minimum atomic E-state index is -3.65. The van der Waals surface area contributed by atoms with Gasteiger partial charge in [0.15, 0.2) is 11.6 Å². The Bertz CT molecular complexity index is 957. The Labute approximate surface area is 183 Å². The number of nitrogens with one attached hydrogen (secondary N) is 2. The van der Waals surface area contributed by atoms with E-state index in [-0.39, 0.29) is 18.0 Å². The van der Waals surface area contributed by atoms with Gasteiger partial charge in [0.1, 0.15) is 0 Å². The lowest BCUT2D eigenvalue weighted by atomic mass is 9.90. The molecular formula is C22H29N3O5S. The van der Waals surface area contributed by atoms with Crippen LogP contribution in [0.25, 0.3) is 0 Å². The van der Waals surface area contributed by atoms with Gasteiger partial charge in [0, 0.05) is 25.4 Å². The Morgan fingerprint density at radius 2 is 1.87 bits per heavy atom. The van der Waals surface area contributed by atoms with Crippen molar-refractivity contribution in [2.75, 3.05) is 32.2 Å². The number of benzene rings is 1. The molecule has 1 fully saturated rings. The van der Waals surface area contributed by atoms with Crippen LogP contribution in [0.15, 0.2) is 47.5 Å². The lowest BCUT2D eigenvalue weighted by Gasteiger charge is -2.22. The van der Waals surface area contributed by atoms with Crippen molar-refractivity contribution in [3.05, 3.63) is 48.2 Å². The molecule has 1 saturated carbocycles. The maximum Gasteiger partial charge on any atom is 0.256 e. The molecule has 1 aromatic carbocycles. The number of aromatic nitrogens is 1. The van der Waals surface area contributed by atoms with E-state index in [1.807, 2.05) is 0 Å². The van der Waals surface area contributed by atoms with Crippen LogP contribution in [0.3, 0.4) is 0 Å². The Hall–Kier alpha value is -2.49. The number of anilines is 1. The minimum absolute atomic E-state index is 0.0782. The van der Waals surface area contributed by atoms with E-state index in [4.69, 9.17) is 9.47 Å². The second-order valence-corrected chi connectivity index (χ2v) is 9.30. The summed E-state index contributed by atoms with van der Waals surface area (Å²) in [7, 11) is -2.16. The normalized spacial score (nSPS) is 14.9. The van der Waals surface area contributed by atoms with Gasteiger partial charge in [-0.1, -0.05) is 19.3 Å². The fourth-order valence-electron chi connectivity index (χ4n) is 3.49. The number of nitrogens with zero attached hydrogens (tertiary/aromatic N) is 1. The van der Waals surface area contributed by atoms with E-state index < -0.39 is 15.9 Å². The van der Waals surface area contributed by atoms with Crippen LogP contribution in [0, 0.1) is 5.92 Å². The number of carbonyl (C=O) groups excluding carboxylic acids is 1. The highest BCUT2D eigenvalue weighted by molar-refractivity contribution is 7.89. The summed E-state index contributed by atoms with van der Waals surface area (Å²) in [6, 6.07) is 9.26. The average Bonchev–Trinajstić information content (AvgIpc) is 2.79. The highest BCUT2D eigenvalue weighted by Gasteiger charge is 2.17. The van der Waals surface area contributed by atoms with E-state index in [9.17, 15) is 13.2 Å². The number of pyridine rings is 1. The molecule has 1 heterocycles. The largest absolute Gasteiger partial charge is 0.489 e. The molecule has 0 saturated heterocycles. The molecule has 1 aromatic heterocycles. The summed E-state index contributed by atoms with van der Waals surface area (Å²) in [5.41, 5.74) is 0.319. The van der Waals surface area contributed by atoms with Gasteiger partial charge in [-0.25, -0.2) is 18.1 Å². The first-order chi connectivity index (χ1) is 15.0. The smallest absolute Gasteiger partial charge is 0.256 e. The molecule has 0 unspecified atom stereocenters. The summed E-state index contributed by atoms with van der Waals surface area (Å²) in [6.45, 7) is 1.05. The van der Waals surface area contributed by atoms with Gasteiger partial charge in [0.25, 0.3) is 5.91 Å². The second-order valence-electron chi connectivity index (χ2n) is 7.53. The van der Waals surface area contributed by atoms with Crippen molar-refractivity contribution in [3.63, 3.8) is 0 Å². The first kappa shape index (κ1) is 23.2. The molecule has 0 radical (unpaired) electrons. The number of ether oxygens (including phenoxy) is 2. The Kier molecular flexibility index (Phi) is 8.39. The molecule has 2 aromatic rings. The monoisotopic (exact) mass is 447 g/mol. The quantitative estimate of drug-likeness (QED) is 0.542. The molecule has 8 nitrogen and oxygen atoms in total. The number of sulfonamides is 1. The summed E-state index contributed by atoms with van der Waals surface area (Å²) < 4.78 is 37.7. The predicted octanol–water partition coefficient (Wildman–Crippen LogP) is 3.22. The van der Waals surface area contributed by atoms with Gasteiger partial charge in [-0.2, -0.15) is 0 Å². The molecule has 0 bridgehead atoms. The topological polar surface area (TPSA) is 107 Å². The van der Waals surface area contributed by atoms with Crippen LogP contribution in [0.2, 0.25) is 0 Å². The lowest BCUT2D eigenvalue weighted by Crippen LogP contribution is -2.27. The molecular weight excluding hydrogens is 418 g/mol. The van der Waals surface area contributed by atoms with Gasteiger partial charge >= 0.3 is 0 Å². The zero-order chi connectivity index (χ0) is 22.1. The van der Waals surface area contributed by atoms with Crippen LogP contribution in [0.5, 0.6) is 5.75 Å². The van der Waals surface area contributed by atoms with Crippen molar-refractivity contribution in [2.24, 2.45) is 5.92 Å². The molecule has 2 N–H and O–H groups in total. The third-order valence-electron chi connectivity index (χ3n) is 5.23. The van der Waals surface area contributed by atoms with Gasteiger partial charge in [-0.15, -0.1) is 0 Å². The number of hydrogen-bond acceptors (Lipinski definition) is 6. The highest BCUT2D eigenvalue weighted by Crippen LogP contribution is 2.27. The number of methoxy groups -OCH3 is 1. The molecule has 9 heteroatoms. The summed E-state index contributed by atoms with van der Waals surface area (Å²) in [5, 5.41) is 2.76. The molecule has 1 aliphatic carbocycles. The predicted molar refractivity (Wildman–Crippen MR) is 118 cm³/mol. The summed E-state index contributed by atoms with van der Waals surface area (Å²) >= 11 is 0. The molecule has 31 heavy (non-hydrogen) atoms. The third kappa shape index (κ3) is 6.75. The van der Waals surface area contributed by atoms with Crippen LogP contribution in [-0.4, -0.2) is 46.2 Å². The van der Waals surface area contributed by atoms with E-state index >= 15 is 0 Å².